The molecule has 4 heteroatoms. The zero-order chi connectivity index (χ0) is 14.6. The maximum atomic E-state index is 9.53. The summed E-state index contributed by atoms with van der Waals surface area (Å²) in [5, 5.41) is 9.53. The minimum atomic E-state index is -0.230. The zero-order valence-electron chi connectivity index (χ0n) is 12.7. The maximum Gasteiger partial charge on any atom is 0.123 e. The number of hydrogen-bond donors (Lipinski definition) is 1. The number of hydrogen-bond acceptors (Lipinski definition) is 4. The van der Waals surface area contributed by atoms with Gasteiger partial charge in [0.25, 0.3) is 0 Å². The van der Waals surface area contributed by atoms with Crippen molar-refractivity contribution in [2.45, 2.75) is 25.8 Å². The highest BCUT2D eigenvalue weighted by molar-refractivity contribution is 5.40. The van der Waals surface area contributed by atoms with Gasteiger partial charge in [-0.05, 0) is 11.6 Å². The third-order valence-corrected chi connectivity index (χ3v) is 3.95. The van der Waals surface area contributed by atoms with Gasteiger partial charge in [0.15, 0.2) is 0 Å². The van der Waals surface area contributed by atoms with Crippen LogP contribution in [0.5, 0.6) is 5.75 Å². The van der Waals surface area contributed by atoms with Crippen molar-refractivity contribution in [3.63, 3.8) is 0 Å². The molecule has 0 aliphatic carbocycles. The summed E-state index contributed by atoms with van der Waals surface area (Å²) < 4.78 is 10.9. The Labute approximate surface area is 121 Å². The number of benzene rings is 1. The lowest BCUT2D eigenvalue weighted by Gasteiger charge is -2.28. The van der Waals surface area contributed by atoms with Crippen molar-refractivity contribution in [3.8, 4) is 5.75 Å². The fourth-order valence-electron chi connectivity index (χ4n) is 2.41. The predicted octanol–water partition coefficient (Wildman–Crippen LogP) is 1.80. The van der Waals surface area contributed by atoms with Crippen LogP contribution in [0.25, 0.3) is 0 Å². The summed E-state index contributed by atoms with van der Waals surface area (Å²) in [6.45, 7) is 8.60. The van der Waals surface area contributed by atoms with Gasteiger partial charge < -0.3 is 14.6 Å². The van der Waals surface area contributed by atoms with Crippen LogP contribution in [-0.4, -0.2) is 50.0 Å². The summed E-state index contributed by atoms with van der Waals surface area (Å²) in [4.78, 5) is 2.37. The Balaban J connectivity index is 2.22. The molecule has 1 N–H and O–H groups in total. The fourth-order valence-corrected chi connectivity index (χ4v) is 2.41. The van der Waals surface area contributed by atoms with Crippen molar-refractivity contribution in [2.75, 3.05) is 40.0 Å². The van der Waals surface area contributed by atoms with Gasteiger partial charge in [-0.25, -0.2) is 0 Å². The molecule has 0 amide bonds. The third kappa shape index (κ3) is 3.51. The van der Waals surface area contributed by atoms with Crippen molar-refractivity contribution < 1.29 is 14.6 Å². The first-order valence-corrected chi connectivity index (χ1v) is 7.15. The topological polar surface area (TPSA) is 41.9 Å². The van der Waals surface area contributed by atoms with Crippen LogP contribution in [0.1, 0.15) is 25.0 Å². The van der Waals surface area contributed by atoms with E-state index in [-0.39, 0.29) is 12.0 Å². The highest BCUT2D eigenvalue weighted by atomic mass is 16.5. The molecule has 0 unspecified atom stereocenters. The lowest BCUT2D eigenvalue weighted by molar-refractivity contribution is 0.0338. The van der Waals surface area contributed by atoms with E-state index in [1.165, 1.54) is 5.56 Å². The molecular weight excluding hydrogens is 254 g/mol. The van der Waals surface area contributed by atoms with Gasteiger partial charge in [0.05, 0.1) is 26.9 Å². The molecule has 0 saturated carbocycles. The Bertz CT molecular complexity index is 439. The van der Waals surface area contributed by atoms with Gasteiger partial charge in [-0.15, -0.1) is 0 Å². The van der Waals surface area contributed by atoms with E-state index in [1.54, 1.807) is 7.11 Å². The molecule has 2 rings (SSSR count). The van der Waals surface area contributed by atoms with Crippen LogP contribution in [0, 0.1) is 0 Å². The van der Waals surface area contributed by atoms with E-state index in [1.807, 2.05) is 26.0 Å². The highest BCUT2D eigenvalue weighted by Crippen LogP contribution is 2.29. The summed E-state index contributed by atoms with van der Waals surface area (Å²) in [5.41, 5.74) is 2.09. The van der Waals surface area contributed by atoms with Gasteiger partial charge in [0.1, 0.15) is 5.75 Å². The summed E-state index contributed by atoms with van der Waals surface area (Å²) in [7, 11) is 1.70. The van der Waals surface area contributed by atoms with Crippen LogP contribution in [0.4, 0.5) is 0 Å². The fraction of sp³-hybridized carbons (Fsp3) is 0.625. The summed E-state index contributed by atoms with van der Waals surface area (Å²) in [5.74, 6) is 0.911. The van der Waals surface area contributed by atoms with E-state index in [9.17, 15) is 5.11 Å². The predicted molar refractivity (Wildman–Crippen MR) is 79.2 cm³/mol. The van der Waals surface area contributed by atoms with Gasteiger partial charge >= 0.3 is 0 Å². The summed E-state index contributed by atoms with van der Waals surface area (Å²) in [6, 6.07) is 6.20. The van der Waals surface area contributed by atoms with Crippen LogP contribution < -0.4 is 4.74 Å². The third-order valence-electron chi connectivity index (χ3n) is 3.95. The Morgan fingerprint density at radius 1 is 1.30 bits per heavy atom. The average Bonchev–Trinajstić information content (AvgIpc) is 2.48. The lowest BCUT2D eigenvalue weighted by atomic mass is 9.84. The highest BCUT2D eigenvalue weighted by Gasteiger charge is 2.21. The first kappa shape index (κ1) is 15.3. The quantitative estimate of drug-likeness (QED) is 0.892. The molecule has 0 radical (unpaired) electrons. The van der Waals surface area contributed by atoms with Crippen LogP contribution in [0.2, 0.25) is 0 Å². The SMILES string of the molecule is COc1ccc(C(C)(C)CO)cc1CN1CCOCC1. The van der Waals surface area contributed by atoms with E-state index >= 15 is 0 Å². The number of methoxy groups -OCH3 is 1. The molecule has 1 aliphatic heterocycles. The molecule has 1 saturated heterocycles. The van der Waals surface area contributed by atoms with Gasteiger partial charge in [-0.2, -0.15) is 0 Å². The molecule has 0 bridgehead atoms. The number of aliphatic hydroxyl groups excluding tert-OH is 1. The average molecular weight is 279 g/mol. The first-order valence-electron chi connectivity index (χ1n) is 7.15. The van der Waals surface area contributed by atoms with Crippen LogP contribution in [0.15, 0.2) is 18.2 Å². The van der Waals surface area contributed by atoms with E-state index in [2.05, 4.69) is 11.0 Å². The molecule has 1 fully saturated rings. The van der Waals surface area contributed by atoms with E-state index in [0.717, 1.165) is 44.2 Å². The normalized spacial score (nSPS) is 17.2. The number of ether oxygens (including phenoxy) is 2. The molecule has 20 heavy (non-hydrogen) atoms. The Morgan fingerprint density at radius 2 is 2.00 bits per heavy atom. The second-order valence-electron chi connectivity index (χ2n) is 5.96. The van der Waals surface area contributed by atoms with Crippen molar-refractivity contribution in [1.29, 1.82) is 0 Å². The molecule has 0 spiro atoms. The first-order chi connectivity index (χ1) is 9.56. The van der Waals surface area contributed by atoms with Crippen LogP contribution >= 0.6 is 0 Å². The van der Waals surface area contributed by atoms with Gasteiger partial charge in [-0.3, -0.25) is 4.90 Å². The smallest absolute Gasteiger partial charge is 0.123 e. The minimum Gasteiger partial charge on any atom is -0.496 e. The van der Waals surface area contributed by atoms with Crippen molar-refractivity contribution in [1.82, 2.24) is 4.90 Å². The van der Waals surface area contributed by atoms with E-state index in [4.69, 9.17) is 9.47 Å². The lowest BCUT2D eigenvalue weighted by Crippen LogP contribution is -2.35. The molecule has 4 nitrogen and oxygen atoms in total. The standard InChI is InChI=1S/C16H25NO3/c1-16(2,12-18)14-4-5-15(19-3)13(10-14)11-17-6-8-20-9-7-17/h4-5,10,18H,6-9,11-12H2,1-3H3. The van der Waals surface area contributed by atoms with Gasteiger partial charge in [0.2, 0.25) is 0 Å². The van der Waals surface area contributed by atoms with Crippen molar-refractivity contribution >= 4 is 0 Å². The Kier molecular flexibility index (Phi) is 5.02. The number of morpholine rings is 1. The van der Waals surface area contributed by atoms with Crippen LogP contribution in [-0.2, 0) is 16.7 Å². The molecule has 0 atom stereocenters. The molecule has 1 aromatic rings. The zero-order valence-corrected chi connectivity index (χ0v) is 12.7. The van der Waals surface area contributed by atoms with Crippen LogP contribution in [0.3, 0.4) is 0 Å². The second kappa shape index (κ2) is 6.57. The molecule has 1 aliphatic rings. The van der Waals surface area contributed by atoms with Crippen molar-refractivity contribution in [3.05, 3.63) is 29.3 Å². The van der Waals surface area contributed by atoms with Gasteiger partial charge in [-0.1, -0.05) is 26.0 Å². The second-order valence-corrected chi connectivity index (χ2v) is 5.96. The maximum absolute atomic E-state index is 9.53. The van der Waals surface area contributed by atoms with E-state index in [0.29, 0.717) is 0 Å². The number of rotatable bonds is 5. The monoisotopic (exact) mass is 279 g/mol. The Morgan fingerprint density at radius 3 is 2.60 bits per heavy atom. The minimum absolute atomic E-state index is 0.135. The molecular formula is C16H25NO3. The molecule has 112 valence electrons. The molecule has 1 aromatic carbocycles. The summed E-state index contributed by atoms with van der Waals surface area (Å²) in [6.07, 6.45) is 0. The molecule has 1 heterocycles. The number of aliphatic hydroxyl groups is 1. The molecule has 0 aromatic heterocycles. The summed E-state index contributed by atoms with van der Waals surface area (Å²) >= 11 is 0. The van der Waals surface area contributed by atoms with E-state index < -0.39 is 0 Å². The van der Waals surface area contributed by atoms with Crippen molar-refractivity contribution in [2.24, 2.45) is 0 Å². The largest absolute Gasteiger partial charge is 0.496 e. The Hall–Kier alpha value is -1.10. The number of nitrogens with zero attached hydrogens (tertiary/aromatic N) is 1. The van der Waals surface area contributed by atoms with Gasteiger partial charge in [0, 0.05) is 30.6 Å².